The van der Waals surface area contributed by atoms with Gasteiger partial charge in [-0.15, -0.1) is 11.3 Å². The van der Waals surface area contributed by atoms with Crippen molar-refractivity contribution in [3.63, 3.8) is 0 Å². The van der Waals surface area contributed by atoms with E-state index in [-0.39, 0.29) is 5.91 Å². The molecule has 1 N–H and O–H groups in total. The monoisotopic (exact) mass is 455 g/mol. The Hall–Kier alpha value is -3.03. The highest BCUT2D eigenvalue weighted by Crippen LogP contribution is 2.31. The molecule has 0 spiro atoms. The Kier molecular flexibility index (Phi) is 6.15. The number of methoxy groups -OCH3 is 2. The molecule has 160 valence electrons. The molecule has 0 aliphatic carbocycles. The number of nitrogens with one attached hydrogen (secondary N) is 1. The predicted octanol–water partition coefficient (Wildman–Crippen LogP) is 5.04. The van der Waals surface area contributed by atoms with Crippen LogP contribution in [0, 0.1) is 6.92 Å². The van der Waals surface area contributed by atoms with Gasteiger partial charge in [0.2, 0.25) is 0 Å². The van der Waals surface area contributed by atoms with Crippen molar-refractivity contribution in [2.24, 2.45) is 0 Å². The van der Waals surface area contributed by atoms with Gasteiger partial charge in [0.1, 0.15) is 4.83 Å². The second-order valence-corrected chi connectivity index (χ2v) is 8.47. The van der Waals surface area contributed by atoms with Gasteiger partial charge in [0.25, 0.3) is 5.91 Å². The number of hydrogen-bond acceptors (Lipinski definition) is 5. The van der Waals surface area contributed by atoms with Crippen molar-refractivity contribution in [2.75, 3.05) is 20.8 Å². The molecule has 31 heavy (non-hydrogen) atoms. The molecular weight excluding hydrogens is 434 g/mol. The summed E-state index contributed by atoms with van der Waals surface area (Å²) in [5.74, 6) is 1.27. The molecule has 0 saturated heterocycles. The van der Waals surface area contributed by atoms with E-state index in [2.05, 4.69) is 10.4 Å². The van der Waals surface area contributed by atoms with E-state index in [0.717, 1.165) is 27.2 Å². The standard InChI is InChI=1S/C23H22ClN3O3S/c1-14-18-13-21(31-23(18)27(26-14)17-7-5-16(24)6-8-17)22(28)25-11-10-15-4-9-19(29-2)20(12-15)30-3/h4-9,12-13H,10-11H2,1-3H3,(H,25,28). The topological polar surface area (TPSA) is 65.4 Å². The minimum atomic E-state index is -0.0938. The largest absolute Gasteiger partial charge is 0.493 e. The molecule has 0 aliphatic heterocycles. The Bertz CT molecular complexity index is 1230. The maximum absolute atomic E-state index is 12.7. The summed E-state index contributed by atoms with van der Waals surface area (Å²) in [6.45, 7) is 2.46. The van der Waals surface area contributed by atoms with E-state index in [4.69, 9.17) is 21.1 Å². The number of amides is 1. The zero-order valence-corrected chi connectivity index (χ0v) is 19.0. The molecule has 4 aromatic rings. The van der Waals surface area contributed by atoms with Crippen molar-refractivity contribution in [1.82, 2.24) is 15.1 Å². The van der Waals surface area contributed by atoms with Crippen LogP contribution >= 0.6 is 22.9 Å². The Morgan fingerprint density at radius 2 is 1.84 bits per heavy atom. The molecule has 0 radical (unpaired) electrons. The van der Waals surface area contributed by atoms with Gasteiger partial charge in [0.15, 0.2) is 11.5 Å². The first-order chi connectivity index (χ1) is 15.0. The number of fused-ring (bicyclic) bond motifs is 1. The summed E-state index contributed by atoms with van der Waals surface area (Å²) in [6, 6.07) is 15.1. The smallest absolute Gasteiger partial charge is 0.261 e. The van der Waals surface area contributed by atoms with E-state index in [0.29, 0.717) is 34.4 Å². The molecule has 1 amide bonds. The third-order valence-corrected chi connectivity index (χ3v) is 6.35. The van der Waals surface area contributed by atoms with Gasteiger partial charge in [-0.1, -0.05) is 17.7 Å². The van der Waals surface area contributed by atoms with Crippen LogP contribution in [0.3, 0.4) is 0 Å². The quantitative estimate of drug-likeness (QED) is 0.424. The molecule has 0 aliphatic rings. The number of ether oxygens (including phenoxy) is 2. The summed E-state index contributed by atoms with van der Waals surface area (Å²) >= 11 is 7.43. The summed E-state index contributed by atoms with van der Waals surface area (Å²) in [6.07, 6.45) is 0.689. The van der Waals surface area contributed by atoms with Gasteiger partial charge in [-0.3, -0.25) is 4.79 Å². The van der Waals surface area contributed by atoms with E-state index in [9.17, 15) is 4.79 Å². The van der Waals surface area contributed by atoms with Crippen molar-refractivity contribution >= 4 is 39.1 Å². The fourth-order valence-electron chi connectivity index (χ4n) is 3.36. The third-order valence-electron chi connectivity index (χ3n) is 4.99. The summed E-state index contributed by atoms with van der Waals surface area (Å²) in [4.78, 5) is 14.3. The molecule has 6 nitrogen and oxygen atoms in total. The van der Waals surface area contributed by atoms with Crippen molar-refractivity contribution in [2.45, 2.75) is 13.3 Å². The van der Waals surface area contributed by atoms with E-state index < -0.39 is 0 Å². The average molecular weight is 456 g/mol. The average Bonchev–Trinajstić information content (AvgIpc) is 3.35. The lowest BCUT2D eigenvalue weighted by Crippen LogP contribution is -2.24. The van der Waals surface area contributed by atoms with E-state index in [1.165, 1.54) is 11.3 Å². The maximum atomic E-state index is 12.7. The number of rotatable bonds is 7. The number of benzene rings is 2. The predicted molar refractivity (Wildman–Crippen MR) is 124 cm³/mol. The molecule has 4 rings (SSSR count). The van der Waals surface area contributed by atoms with Gasteiger partial charge in [-0.05, 0) is 61.4 Å². The van der Waals surface area contributed by atoms with Crippen LogP contribution in [0.15, 0.2) is 48.5 Å². The van der Waals surface area contributed by atoms with Crippen LogP contribution in [0.5, 0.6) is 11.5 Å². The number of aryl methyl sites for hydroxylation is 1. The molecule has 0 fully saturated rings. The Morgan fingerprint density at radius 1 is 1.10 bits per heavy atom. The Labute approximate surface area is 189 Å². The van der Waals surface area contributed by atoms with Crippen LogP contribution in [0.1, 0.15) is 20.9 Å². The van der Waals surface area contributed by atoms with Crippen molar-refractivity contribution in [1.29, 1.82) is 0 Å². The second kappa shape index (κ2) is 8.99. The summed E-state index contributed by atoms with van der Waals surface area (Å²) in [7, 11) is 3.22. The fourth-order valence-corrected chi connectivity index (χ4v) is 4.59. The van der Waals surface area contributed by atoms with E-state index in [1.54, 1.807) is 14.2 Å². The number of aromatic nitrogens is 2. The number of thiophene rings is 1. The molecule has 0 atom stereocenters. The molecule has 2 aromatic heterocycles. The molecule has 0 unspecified atom stereocenters. The van der Waals surface area contributed by atoms with Gasteiger partial charge in [-0.2, -0.15) is 5.10 Å². The zero-order chi connectivity index (χ0) is 22.0. The van der Waals surface area contributed by atoms with E-state index >= 15 is 0 Å². The second-order valence-electron chi connectivity index (χ2n) is 7.00. The Balaban J connectivity index is 1.47. The van der Waals surface area contributed by atoms with Crippen LogP contribution in [0.25, 0.3) is 15.9 Å². The van der Waals surface area contributed by atoms with Gasteiger partial charge in [0, 0.05) is 17.0 Å². The highest BCUT2D eigenvalue weighted by molar-refractivity contribution is 7.20. The summed E-state index contributed by atoms with van der Waals surface area (Å²) in [5.41, 5.74) is 2.85. The lowest BCUT2D eigenvalue weighted by atomic mass is 10.1. The lowest BCUT2D eigenvalue weighted by molar-refractivity contribution is 0.0958. The molecule has 0 saturated carbocycles. The lowest BCUT2D eigenvalue weighted by Gasteiger charge is -2.10. The van der Waals surface area contributed by atoms with Crippen LogP contribution in [0.4, 0.5) is 0 Å². The van der Waals surface area contributed by atoms with Crippen LogP contribution in [-0.4, -0.2) is 36.5 Å². The number of carbonyl (C=O) groups excluding carboxylic acids is 1. The van der Waals surface area contributed by atoms with Crippen LogP contribution in [-0.2, 0) is 6.42 Å². The van der Waals surface area contributed by atoms with Crippen molar-refractivity contribution in [3.05, 3.63) is 69.7 Å². The number of hydrogen-bond donors (Lipinski definition) is 1. The summed E-state index contributed by atoms with van der Waals surface area (Å²) in [5, 5.41) is 9.26. The zero-order valence-electron chi connectivity index (χ0n) is 17.4. The highest BCUT2D eigenvalue weighted by Gasteiger charge is 2.17. The SMILES string of the molecule is COc1ccc(CCNC(=O)c2cc3c(C)nn(-c4ccc(Cl)cc4)c3s2)cc1OC. The maximum Gasteiger partial charge on any atom is 0.261 e. The number of nitrogens with zero attached hydrogens (tertiary/aromatic N) is 2. The molecule has 0 bridgehead atoms. The first-order valence-electron chi connectivity index (χ1n) is 9.74. The number of halogens is 1. The Morgan fingerprint density at radius 3 is 2.55 bits per heavy atom. The van der Waals surface area contributed by atoms with Crippen LogP contribution < -0.4 is 14.8 Å². The first-order valence-corrected chi connectivity index (χ1v) is 10.9. The third kappa shape index (κ3) is 4.38. The first kappa shape index (κ1) is 21.2. The van der Waals surface area contributed by atoms with Crippen molar-refractivity contribution in [3.8, 4) is 17.2 Å². The number of carbonyl (C=O) groups is 1. The normalized spacial score (nSPS) is 11.0. The minimum Gasteiger partial charge on any atom is -0.493 e. The van der Waals surface area contributed by atoms with E-state index in [1.807, 2.05) is 60.1 Å². The fraction of sp³-hybridized carbons (Fsp3) is 0.217. The molecule has 2 heterocycles. The van der Waals surface area contributed by atoms with Gasteiger partial charge in [-0.25, -0.2) is 4.68 Å². The van der Waals surface area contributed by atoms with Gasteiger partial charge >= 0.3 is 0 Å². The highest BCUT2D eigenvalue weighted by atomic mass is 35.5. The van der Waals surface area contributed by atoms with Gasteiger partial charge in [0.05, 0.1) is 30.5 Å². The molecule has 8 heteroatoms. The molecular formula is C23H22ClN3O3S. The minimum absolute atomic E-state index is 0.0938. The molecule has 2 aromatic carbocycles. The van der Waals surface area contributed by atoms with Gasteiger partial charge < -0.3 is 14.8 Å². The van der Waals surface area contributed by atoms with Crippen LogP contribution in [0.2, 0.25) is 5.02 Å². The summed E-state index contributed by atoms with van der Waals surface area (Å²) < 4.78 is 12.5. The van der Waals surface area contributed by atoms with Crippen molar-refractivity contribution < 1.29 is 14.3 Å².